The van der Waals surface area contributed by atoms with E-state index in [-0.39, 0.29) is 18.4 Å². The zero-order valence-corrected chi connectivity index (χ0v) is 21.0. The third kappa shape index (κ3) is 4.24. The van der Waals surface area contributed by atoms with Gasteiger partial charge in [0.15, 0.2) is 17.1 Å². The minimum Gasteiger partial charge on any atom is -0.485 e. The summed E-state index contributed by atoms with van der Waals surface area (Å²) in [4.78, 5) is 34.5. The number of piperazine rings is 1. The predicted molar refractivity (Wildman–Crippen MR) is 138 cm³/mol. The summed E-state index contributed by atoms with van der Waals surface area (Å²) in [7, 11) is 0. The van der Waals surface area contributed by atoms with Crippen LogP contribution in [0.5, 0.6) is 11.5 Å². The Morgan fingerprint density at radius 1 is 0.946 bits per heavy atom. The smallest absolute Gasteiger partial charge is 0.267 e. The van der Waals surface area contributed by atoms with Crippen LogP contribution in [0.4, 0.5) is 0 Å². The van der Waals surface area contributed by atoms with Gasteiger partial charge in [0, 0.05) is 49.4 Å². The molecule has 0 N–H and O–H groups in total. The van der Waals surface area contributed by atoms with Gasteiger partial charge in [-0.3, -0.25) is 9.59 Å². The molecule has 6 rings (SSSR count). The lowest BCUT2D eigenvalue weighted by atomic mass is 10.1. The molecule has 2 aliphatic rings. The van der Waals surface area contributed by atoms with Gasteiger partial charge < -0.3 is 19.3 Å². The lowest BCUT2D eigenvalue weighted by molar-refractivity contribution is -0.146. The normalized spacial score (nSPS) is 17.4. The van der Waals surface area contributed by atoms with Crippen molar-refractivity contribution in [3.8, 4) is 11.5 Å². The second kappa shape index (κ2) is 9.38. The van der Waals surface area contributed by atoms with E-state index < -0.39 is 6.10 Å². The van der Waals surface area contributed by atoms with Gasteiger partial charge in [-0.2, -0.15) is 5.10 Å². The first kappa shape index (κ1) is 23.3. The Hall–Kier alpha value is -4.14. The van der Waals surface area contributed by atoms with Crippen molar-refractivity contribution in [2.75, 3.05) is 32.8 Å². The van der Waals surface area contributed by atoms with Crippen LogP contribution in [0.2, 0.25) is 0 Å². The number of benzene rings is 2. The van der Waals surface area contributed by atoms with E-state index in [1.54, 1.807) is 11.0 Å². The van der Waals surface area contributed by atoms with Crippen LogP contribution in [0.25, 0.3) is 16.6 Å². The molecule has 4 aromatic rings. The largest absolute Gasteiger partial charge is 0.485 e. The minimum absolute atomic E-state index is 0.0859. The maximum Gasteiger partial charge on any atom is 0.267 e. The van der Waals surface area contributed by atoms with Gasteiger partial charge in [-0.15, -0.1) is 0 Å². The van der Waals surface area contributed by atoms with E-state index in [2.05, 4.69) is 0 Å². The molecule has 1 atom stereocenters. The fraction of sp³-hybridized carbons (Fsp3) is 0.357. The van der Waals surface area contributed by atoms with E-state index in [1.807, 2.05) is 65.7 Å². The highest BCUT2D eigenvalue weighted by Gasteiger charge is 2.33. The van der Waals surface area contributed by atoms with Crippen molar-refractivity contribution in [1.82, 2.24) is 24.4 Å². The first-order valence-electron chi connectivity index (χ1n) is 12.7. The first-order valence-corrected chi connectivity index (χ1v) is 12.7. The fourth-order valence-corrected chi connectivity index (χ4v) is 5.25. The van der Waals surface area contributed by atoms with E-state index in [4.69, 9.17) is 19.6 Å². The van der Waals surface area contributed by atoms with Crippen molar-refractivity contribution in [2.45, 2.75) is 32.8 Å². The maximum atomic E-state index is 13.0. The van der Waals surface area contributed by atoms with Crippen LogP contribution < -0.4 is 9.47 Å². The molecule has 4 heterocycles. The minimum atomic E-state index is -0.663. The van der Waals surface area contributed by atoms with E-state index in [0.717, 1.165) is 33.5 Å². The molecule has 190 valence electrons. The summed E-state index contributed by atoms with van der Waals surface area (Å²) in [5.41, 5.74) is 4.75. The number of ether oxygens (including phenoxy) is 2. The highest BCUT2D eigenvalue weighted by atomic mass is 16.6. The average molecular weight is 500 g/mol. The zero-order chi connectivity index (χ0) is 25.5. The van der Waals surface area contributed by atoms with Gasteiger partial charge in [-0.25, -0.2) is 9.50 Å². The number of hydrogen-bond donors (Lipinski definition) is 0. The number of nitrogens with zero attached hydrogens (tertiary/aromatic N) is 5. The van der Waals surface area contributed by atoms with Gasteiger partial charge in [-0.1, -0.05) is 24.3 Å². The zero-order valence-electron chi connectivity index (χ0n) is 21.0. The molecule has 1 fully saturated rings. The summed E-state index contributed by atoms with van der Waals surface area (Å²) in [5.74, 6) is 1.23. The summed E-state index contributed by atoms with van der Waals surface area (Å²) in [6, 6.07) is 15.3. The predicted octanol–water partition coefficient (Wildman–Crippen LogP) is 2.94. The van der Waals surface area contributed by atoms with Crippen LogP contribution >= 0.6 is 0 Å². The van der Waals surface area contributed by atoms with Gasteiger partial charge in [-0.05, 0) is 50.1 Å². The molecule has 2 aromatic carbocycles. The molecule has 0 radical (unpaired) electrons. The molecular weight excluding hydrogens is 470 g/mol. The lowest BCUT2D eigenvalue weighted by Crippen LogP contribution is -2.55. The second-order valence-electron chi connectivity index (χ2n) is 9.58. The Bertz CT molecular complexity index is 1510. The van der Waals surface area contributed by atoms with Gasteiger partial charge in [0.25, 0.3) is 5.91 Å². The molecule has 9 nitrogen and oxygen atoms in total. The van der Waals surface area contributed by atoms with Crippen LogP contribution in [0.15, 0.2) is 48.5 Å². The molecule has 2 amide bonds. The lowest BCUT2D eigenvalue weighted by Gasteiger charge is -2.37. The molecule has 0 aliphatic carbocycles. The summed E-state index contributed by atoms with van der Waals surface area (Å²) in [6.45, 7) is 6.21. The monoisotopic (exact) mass is 499 g/mol. The van der Waals surface area contributed by atoms with Crippen LogP contribution in [0.1, 0.15) is 23.4 Å². The molecule has 2 aliphatic heterocycles. The molecule has 37 heavy (non-hydrogen) atoms. The van der Waals surface area contributed by atoms with Gasteiger partial charge in [0.05, 0.1) is 5.52 Å². The molecule has 0 saturated carbocycles. The molecule has 2 aromatic heterocycles. The Kier molecular flexibility index (Phi) is 5.90. The molecule has 0 spiro atoms. The Labute approximate surface area is 214 Å². The van der Waals surface area contributed by atoms with Gasteiger partial charge in [0.1, 0.15) is 6.61 Å². The standard InChI is InChI=1S/C28H29N5O4/c1-18-20(19(2)33-27(29-18)21-7-3-4-8-22(21)30-33)11-12-26(34)31-13-15-32(16-14-31)28(35)25-17-36-23-9-5-6-10-24(23)37-25/h3-10,25H,11-17H2,1-2H3/t25-/m0/s1. The fourth-order valence-electron chi connectivity index (χ4n) is 5.25. The van der Waals surface area contributed by atoms with Crippen LogP contribution in [0, 0.1) is 13.8 Å². The van der Waals surface area contributed by atoms with E-state index in [0.29, 0.717) is 50.5 Å². The molecule has 1 saturated heterocycles. The number of aryl methyl sites for hydroxylation is 2. The van der Waals surface area contributed by atoms with Crippen molar-refractivity contribution in [3.63, 3.8) is 0 Å². The van der Waals surface area contributed by atoms with Crippen molar-refractivity contribution >= 4 is 28.4 Å². The second-order valence-corrected chi connectivity index (χ2v) is 9.58. The third-order valence-corrected chi connectivity index (χ3v) is 7.34. The highest BCUT2D eigenvalue weighted by Crippen LogP contribution is 2.31. The summed E-state index contributed by atoms with van der Waals surface area (Å²) < 4.78 is 13.5. The first-order chi connectivity index (χ1) is 18.0. The number of carbonyl (C=O) groups is 2. The number of para-hydroxylation sites is 2. The summed E-state index contributed by atoms with van der Waals surface area (Å²) in [5, 5.41) is 5.74. The highest BCUT2D eigenvalue weighted by molar-refractivity contribution is 5.92. The molecule has 0 bridgehead atoms. The Morgan fingerprint density at radius 2 is 1.65 bits per heavy atom. The van der Waals surface area contributed by atoms with Crippen molar-refractivity contribution in [1.29, 1.82) is 0 Å². The van der Waals surface area contributed by atoms with Crippen molar-refractivity contribution in [3.05, 3.63) is 65.5 Å². The molecule has 9 heteroatoms. The van der Waals surface area contributed by atoms with Crippen LogP contribution in [-0.2, 0) is 16.0 Å². The van der Waals surface area contributed by atoms with E-state index in [9.17, 15) is 9.59 Å². The topological polar surface area (TPSA) is 89.3 Å². The average Bonchev–Trinajstić information content (AvgIpc) is 3.31. The maximum absolute atomic E-state index is 13.0. The van der Waals surface area contributed by atoms with Crippen LogP contribution in [0.3, 0.4) is 0 Å². The van der Waals surface area contributed by atoms with E-state index >= 15 is 0 Å². The van der Waals surface area contributed by atoms with Crippen molar-refractivity contribution in [2.24, 2.45) is 0 Å². The number of hydrogen-bond acceptors (Lipinski definition) is 6. The number of aromatic nitrogens is 3. The van der Waals surface area contributed by atoms with E-state index in [1.165, 1.54) is 0 Å². The SMILES string of the molecule is Cc1nc2c3ccccc3nn2c(C)c1CCC(=O)N1CCN(C(=O)[C@@H]2COc3ccccc3O2)CC1. The number of carbonyl (C=O) groups excluding carboxylic acids is 2. The van der Waals surface area contributed by atoms with Crippen LogP contribution in [-0.4, -0.2) is 75.1 Å². The summed E-state index contributed by atoms with van der Waals surface area (Å²) >= 11 is 0. The summed E-state index contributed by atoms with van der Waals surface area (Å²) in [6.07, 6.45) is 0.325. The van der Waals surface area contributed by atoms with Gasteiger partial charge in [0.2, 0.25) is 12.0 Å². The number of amides is 2. The number of rotatable bonds is 4. The number of fused-ring (bicyclic) bond motifs is 4. The molecule has 0 unspecified atom stereocenters. The molecular formula is C28H29N5O4. The van der Waals surface area contributed by atoms with Gasteiger partial charge >= 0.3 is 0 Å². The Balaban J connectivity index is 1.07. The third-order valence-electron chi connectivity index (χ3n) is 7.34. The Morgan fingerprint density at radius 3 is 2.46 bits per heavy atom. The van der Waals surface area contributed by atoms with Crippen molar-refractivity contribution < 1.29 is 19.1 Å². The quantitative estimate of drug-likeness (QED) is 0.429.